The Morgan fingerprint density at radius 1 is 1.02 bits per heavy atom. The Morgan fingerprint density at radius 2 is 1.80 bits per heavy atom. The minimum atomic E-state index is -1.02. The molecule has 6 rings (SSSR count). The highest BCUT2D eigenvalue weighted by Gasteiger charge is 2.61. The molecule has 0 saturated carbocycles. The third-order valence-corrected chi connectivity index (χ3v) is 9.30. The number of benzene rings is 2. The van der Waals surface area contributed by atoms with Crippen molar-refractivity contribution < 1.29 is 23.9 Å². The number of likely N-dealkylation sites (N-methyl/N-ethyl adjacent to an activating group) is 1. The van der Waals surface area contributed by atoms with Gasteiger partial charge in [0.2, 0.25) is 23.6 Å². The highest BCUT2D eigenvalue weighted by atomic mass is 16.5. The lowest BCUT2D eigenvalue weighted by Gasteiger charge is -2.37. The first-order valence-corrected chi connectivity index (χ1v) is 14.5. The second-order valence-corrected chi connectivity index (χ2v) is 11.7. The molecule has 10 nitrogen and oxygen atoms in total. The lowest BCUT2D eigenvalue weighted by Crippen LogP contribution is -2.49. The van der Waals surface area contributed by atoms with E-state index < -0.39 is 11.5 Å². The normalized spacial score (nSPS) is 25.4. The Kier molecular flexibility index (Phi) is 7.19. The summed E-state index contributed by atoms with van der Waals surface area (Å²) in [7, 11) is 1.75. The van der Waals surface area contributed by atoms with E-state index in [1.54, 1.807) is 16.8 Å². The maximum absolute atomic E-state index is 14.6. The number of amides is 4. The van der Waals surface area contributed by atoms with Crippen molar-refractivity contribution in [2.45, 2.75) is 37.1 Å². The van der Waals surface area contributed by atoms with Crippen LogP contribution < -0.4 is 15.4 Å². The van der Waals surface area contributed by atoms with E-state index in [1.165, 1.54) is 0 Å². The van der Waals surface area contributed by atoms with Crippen molar-refractivity contribution in [2.24, 2.45) is 11.7 Å². The van der Waals surface area contributed by atoms with Crippen LogP contribution in [0.25, 0.3) is 0 Å². The monoisotopic (exact) mass is 559 g/mol. The maximum atomic E-state index is 14.6. The summed E-state index contributed by atoms with van der Waals surface area (Å²) in [6.45, 7) is 2.78. The number of ether oxygens (including phenoxy) is 1. The summed E-state index contributed by atoms with van der Waals surface area (Å²) in [5.74, 6) is -0.108. The highest BCUT2D eigenvalue weighted by molar-refractivity contribution is 6.12. The number of hydrogen-bond acceptors (Lipinski definition) is 6. The molecule has 0 radical (unpaired) electrons. The fourth-order valence-electron chi connectivity index (χ4n) is 7.08. The van der Waals surface area contributed by atoms with Gasteiger partial charge in [0.15, 0.2) is 0 Å². The van der Waals surface area contributed by atoms with E-state index in [0.717, 1.165) is 16.8 Å². The number of piperidine rings is 1. The smallest absolute Gasteiger partial charge is 0.242 e. The molecule has 2 aromatic carbocycles. The quantitative estimate of drug-likeness (QED) is 0.612. The number of para-hydroxylation sites is 1. The maximum Gasteiger partial charge on any atom is 0.242 e. The largest absolute Gasteiger partial charge is 0.494 e. The van der Waals surface area contributed by atoms with Crippen LogP contribution in [0.3, 0.4) is 0 Å². The van der Waals surface area contributed by atoms with Gasteiger partial charge in [-0.3, -0.25) is 24.1 Å². The van der Waals surface area contributed by atoms with Crippen LogP contribution in [-0.2, 0) is 24.6 Å². The number of rotatable bonds is 3. The molecule has 10 heteroatoms. The Balaban J connectivity index is 1.40. The zero-order valence-electron chi connectivity index (χ0n) is 23.5. The zero-order valence-corrected chi connectivity index (χ0v) is 23.5. The van der Waals surface area contributed by atoms with Crippen LogP contribution in [0.2, 0.25) is 0 Å². The number of carbonyl (C=O) groups is 4. The standard InChI is InChI=1S/C31H37N5O5/c1-33-13-5-17-41-23-7-4-6-22(18-23)28-31(24-8-2-3-9-25(24)36(30(31)40)20-26(33)37)12-16-35(28)27(38)19-34-14-10-21(11-15-34)29(32)39/h2-4,6-9,18,21,28H,5,10-17,19-20H2,1H3,(H2,32,39)/t28-,31+/m0/s1. The van der Waals surface area contributed by atoms with Gasteiger partial charge in [0.1, 0.15) is 17.7 Å². The summed E-state index contributed by atoms with van der Waals surface area (Å²) in [5, 5.41) is 0. The van der Waals surface area contributed by atoms with Gasteiger partial charge in [0, 0.05) is 31.7 Å². The summed E-state index contributed by atoms with van der Waals surface area (Å²) < 4.78 is 6.06. The molecule has 0 aromatic heterocycles. The SMILES string of the molecule is CN1CCCOc2cccc(c2)[C@@H]2N(C(=O)CN3CCC(C(N)=O)CC3)CC[C@]23C(=O)N(CC1=O)c1ccccc13. The fourth-order valence-corrected chi connectivity index (χ4v) is 7.08. The van der Waals surface area contributed by atoms with Crippen LogP contribution in [0.4, 0.5) is 5.69 Å². The van der Waals surface area contributed by atoms with Crippen LogP contribution in [0.1, 0.15) is 42.9 Å². The summed E-state index contributed by atoms with van der Waals surface area (Å²) in [4.78, 5) is 60.6. The van der Waals surface area contributed by atoms with Crippen molar-refractivity contribution in [2.75, 3.05) is 57.8 Å². The van der Waals surface area contributed by atoms with Crippen LogP contribution in [0.5, 0.6) is 5.75 Å². The first-order valence-electron chi connectivity index (χ1n) is 14.5. The van der Waals surface area contributed by atoms with E-state index in [0.29, 0.717) is 64.2 Å². The minimum absolute atomic E-state index is 0.0511. The lowest BCUT2D eigenvalue weighted by atomic mass is 9.72. The van der Waals surface area contributed by atoms with Crippen molar-refractivity contribution in [3.8, 4) is 5.75 Å². The number of nitrogens with two attached hydrogens (primary N) is 1. The molecule has 4 amide bonds. The van der Waals surface area contributed by atoms with E-state index >= 15 is 0 Å². The number of primary amides is 1. The second-order valence-electron chi connectivity index (χ2n) is 11.7. The molecule has 4 bridgehead atoms. The van der Waals surface area contributed by atoms with Crippen LogP contribution >= 0.6 is 0 Å². The molecule has 2 saturated heterocycles. The molecule has 216 valence electrons. The van der Waals surface area contributed by atoms with Gasteiger partial charge in [0.05, 0.1) is 19.2 Å². The van der Waals surface area contributed by atoms with Gasteiger partial charge < -0.3 is 25.2 Å². The van der Waals surface area contributed by atoms with Gasteiger partial charge in [0.25, 0.3) is 0 Å². The van der Waals surface area contributed by atoms with E-state index in [9.17, 15) is 19.2 Å². The average molecular weight is 560 g/mol. The Bertz CT molecular complexity index is 1370. The third kappa shape index (κ3) is 4.73. The number of carbonyl (C=O) groups excluding carboxylic acids is 4. The average Bonchev–Trinajstić information content (AvgIpc) is 3.48. The lowest BCUT2D eigenvalue weighted by molar-refractivity contribution is -0.136. The first-order chi connectivity index (χ1) is 19.8. The van der Waals surface area contributed by atoms with Gasteiger partial charge in [-0.05, 0) is 68.1 Å². The number of nitrogens with zero attached hydrogens (tertiary/aromatic N) is 4. The summed E-state index contributed by atoms with van der Waals surface area (Å²) in [5.41, 5.74) is 6.91. The Morgan fingerprint density at radius 3 is 2.59 bits per heavy atom. The molecule has 2 N–H and O–H groups in total. The topological polar surface area (TPSA) is 116 Å². The van der Waals surface area contributed by atoms with Crippen molar-refractivity contribution in [3.63, 3.8) is 0 Å². The first kappa shape index (κ1) is 27.3. The van der Waals surface area contributed by atoms with Crippen LogP contribution in [-0.4, -0.2) is 91.3 Å². The Labute approximate surface area is 240 Å². The number of anilines is 1. The second kappa shape index (κ2) is 10.8. The van der Waals surface area contributed by atoms with E-state index in [1.807, 2.05) is 53.4 Å². The van der Waals surface area contributed by atoms with Crippen LogP contribution in [0.15, 0.2) is 48.5 Å². The summed E-state index contributed by atoms with van der Waals surface area (Å²) >= 11 is 0. The number of likely N-dealkylation sites (tertiary alicyclic amines) is 2. The molecule has 4 aliphatic heterocycles. The molecule has 4 aliphatic rings. The van der Waals surface area contributed by atoms with Gasteiger partial charge in [-0.15, -0.1) is 0 Å². The van der Waals surface area contributed by atoms with Crippen LogP contribution in [0, 0.1) is 5.92 Å². The predicted octanol–water partition coefficient (Wildman–Crippen LogP) is 1.68. The van der Waals surface area contributed by atoms with Gasteiger partial charge in [-0.2, -0.15) is 0 Å². The van der Waals surface area contributed by atoms with Crippen molar-refractivity contribution in [3.05, 3.63) is 59.7 Å². The summed E-state index contributed by atoms with van der Waals surface area (Å²) in [6.07, 6.45) is 2.38. The van der Waals surface area contributed by atoms with Gasteiger partial charge in [-0.25, -0.2) is 0 Å². The number of hydrogen-bond donors (Lipinski definition) is 1. The fraction of sp³-hybridized carbons (Fsp3) is 0.484. The van der Waals surface area contributed by atoms with Crippen molar-refractivity contribution >= 4 is 29.3 Å². The van der Waals surface area contributed by atoms with Crippen molar-refractivity contribution in [1.82, 2.24) is 14.7 Å². The summed E-state index contributed by atoms with van der Waals surface area (Å²) in [6, 6.07) is 14.8. The van der Waals surface area contributed by atoms with E-state index in [-0.39, 0.29) is 42.6 Å². The molecular weight excluding hydrogens is 522 g/mol. The predicted molar refractivity (Wildman–Crippen MR) is 152 cm³/mol. The molecule has 41 heavy (non-hydrogen) atoms. The minimum Gasteiger partial charge on any atom is -0.494 e. The molecule has 2 atom stereocenters. The molecule has 2 aromatic rings. The molecule has 0 unspecified atom stereocenters. The molecule has 0 aliphatic carbocycles. The van der Waals surface area contributed by atoms with E-state index in [2.05, 4.69) is 4.90 Å². The molecule has 2 fully saturated rings. The van der Waals surface area contributed by atoms with Gasteiger partial charge >= 0.3 is 0 Å². The molecule has 4 heterocycles. The Hall–Kier alpha value is -3.92. The van der Waals surface area contributed by atoms with E-state index in [4.69, 9.17) is 10.5 Å². The van der Waals surface area contributed by atoms with Crippen molar-refractivity contribution in [1.29, 1.82) is 0 Å². The zero-order chi connectivity index (χ0) is 28.7. The third-order valence-electron chi connectivity index (χ3n) is 9.30. The number of fused-ring (bicyclic) bond motifs is 6. The molecular formula is C31H37N5O5. The highest BCUT2D eigenvalue weighted by Crippen LogP contribution is 2.56. The van der Waals surface area contributed by atoms with Gasteiger partial charge in [-0.1, -0.05) is 30.3 Å². The molecule has 1 spiro atoms.